The summed E-state index contributed by atoms with van der Waals surface area (Å²) in [5.74, 6) is -0.599. The minimum Gasteiger partial charge on any atom is -0.495 e. The summed E-state index contributed by atoms with van der Waals surface area (Å²) in [6.45, 7) is 4.59. The zero-order chi connectivity index (χ0) is 26.0. The highest BCUT2D eigenvalue weighted by molar-refractivity contribution is 7.94. The van der Waals surface area contributed by atoms with E-state index in [1.165, 1.54) is 44.6 Å². The summed E-state index contributed by atoms with van der Waals surface area (Å²) >= 11 is 0.993. The zero-order valence-electron chi connectivity index (χ0n) is 20.3. The molecule has 7 nitrogen and oxygen atoms in total. The van der Waals surface area contributed by atoms with Crippen LogP contribution in [-0.2, 0) is 10.0 Å². The van der Waals surface area contributed by atoms with Crippen molar-refractivity contribution in [2.24, 2.45) is 11.8 Å². The number of halogens is 1. The van der Waals surface area contributed by atoms with Crippen LogP contribution in [0.1, 0.15) is 61.4 Å². The number of anilines is 1. The van der Waals surface area contributed by atoms with Gasteiger partial charge in [-0.25, -0.2) is 22.6 Å². The van der Waals surface area contributed by atoms with E-state index in [0.29, 0.717) is 10.9 Å². The van der Waals surface area contributed by atoms with E-state index in [4.69, 9.17) is 9.84 Å². The molecule has 1 aromatic heterocycles. The molecule has 36 heavy (non-hydrogen) atoms. The Morgan fingerprint density at radius 1 is 1.17 bits per heavy atom. The number of nitrogens with one attached hydrogen (secondary N) is 1. The third-order valence-corrected chi connectivity index (χ3v) is 9.73. The molecule has 1 heterocycles. The Balaban J connectivity index is 1.50. The van der Waals surface area contributed by atoms with Crippen LogP contribution in [0, 0.1) is 17.7 Å². The van der Waals surface area contributed by atoms with Gasteiger partial charge in [-0.1, -0.05) is 38.1 Å². The van der Waals surface area contributed by atoms with Gasteiger partial charge in [0.05, 0.1) is 24.6 Å². The number of sulfonamides is 1. The predicted molar refractivity (Wildman–Crippen MR) is 138 cm³/mol. The van der Waals surface area contributed by atoms with E-state index in [1.54, 1.807) is 0 Å². The smallest absolute Gasteiger partial charge is 0.338 e. The number of benzene rings is 2. The minimum atomic E-state index is -4.11. The summed E-state index contributed by atoms with van der Waals surface area (Å²) in [6, 6.07) is 9.85. The van der Waals surface area contributed by atoms with Crippen LogP contribution in [0.15, 0.2) is 46.8 Å². The number of aromatic nitrogens is 1. The lowest BCUT2D eigenvalue weighted by molar-refractivity contribution is 0.0691. The van der Waals surface area contributed by atoms with Crippen molar-refractivity contribution < 1.29 is 27.4 Å². The van der Waals surface area contributed by atoms with Crippen LogP contribution in [0.2, 0.25) is 0 Å². The molecular formula is C26H29FN2O5S2. The number of aromatic carboxylic acids is 1. The van der Waals surface area contributed by atoms with Gasteiger partial charge in [-0.15, -0.1) is 11.3 Å². The number of hydrogen-bond donors (Lipinski definition) is 2. The van der Waals surface area contributed by atoms with Gasteiger partial charge in [-0.05, 0) is 55.1 Å². The van der Waals surface area contributed by atoms with Gasteiger partial charge in [0, 0.05) is 11.6 Å². The molecule has 0 amide bonds. The average Bonchev–Trinajstić information content (AvgIpc) is 3.35. The Kier molecular flexibility index (Phi) is 7.65. The Morgan fingerprint density at radius 3 is 2.42 bits per heavy atom. The standard InChI is InChI=1S/C26H29FN2O5S2/c1-15(2)16-4-6-17(7-5-16)18-8-10-19(11-9-18)25-28-14-24(35-25)36(32,33)29-22-13-21(27)20(26(30)31)12-23(22)34-3/h8-17,29H,4-7H2,1-3H3,(H,30,31)/t16-,17+. The fourth-order valence-electron chi connectivity index (χ4n) is 4.70. The van der Waals surface area contributed by atoms with Crippen LogP contribution in [-0.4, -0.2) is 31.6 Å². The molecule has 0 unspecified atom stereocenters. The molecule has 192 valence electrons. The first kappa shape index (κ1) is 26.1. The number of ether oxygens (including phenoxy) is 1. The molecule has 2 N–H and O–H groups in total. The highest BCUT2D eigenvalue weighted by Gasteiger charge is 2.25. The van der Waals surface area contributed by atoms with E-state index in [0.717, 1.165) is 40.9 Å². The highest BCUT2D eigenvalue weighted by atomic mass is 32.2. The van der Waals surface area contributed by atoms with Gasteiger partial charge in [0.2, 0.25) is 0 Å². The third-order valence-electron chi connectivity index (χ3n) is 6.86. The van der Waals surface area contributed by atoms with Crippen LogP contribution in [0.25, 0.3) is 10.6 Å². The van der Waals surface area contributed by atoms with Crippen molar-refractivity contribution in [1.82, 2.24) is 4.98 Å². The van der Waals surface area contributed by atoms with E-state index in [9.17, 15) is 17.6 Å². The number of rotatable bonds is 8. The zero-order valence-corrected chi connectivity index (χ0v) is 22.0. The predicted octanol–water partition coefficient (Wildman–Crippen LogP) is 6.39. The first-order valence-corrected chi connectivity index (χ1v) is 14.1. The maximum absolute atomic E-state index is 14.2. The molecule has 1 saturated carbocycles. The summed E-state index contributed by atoms with van der Waals surface area (Å²) < 4.78 is 47.3. The van der Waals surface area contributed by atoms with Gasteiger partial charge >= 0.3 is 5.97 Å². The lowest BCUT2D eigenvalue weighted by Crippen LogP contribution is -2.17. The van der Waals surface area contributed by atoms with Crippen molar-refractivity contribution in [3.8, 4) is 16.3 Å². The average molecular weight is 533 g/mol. The molecule has 1 fully saturated rings. The second kappa shape index (κ2) is 10.6. The minimum absolute atomic E-state index is 0.0571. The first-order chi connectivity index (χ1) is 17.1. The van der Waals surface area contributed by atoms with Crippen molar-refractivity contribution in [2.45, 2.75) is 49.7 Å². The van der Waals surface area contributed by atoms with Gasteiger partial charge in [0.25, 0.3) is 10.0 Å². The van der Waals surface area contributed by atoms with Gasteiger partial charge in [0.1, 0.15) is 16.6 Å². The molecule has 4 rings (SSSR count). The fraction of sp³-hybridized carbons (Fsp3) is 0.385. The number of nitrogens with zero attached hydrogens (tertiary/aromatic N) is 1. The number of hydrogen-bond acceptors (Lipinski definition) is 6. The SMILES string of the molecule is COc1cc(C(=O)O)c(F)cc1NS(=O)(=O)c1cnc(-c2ccc([C@H]3CC[C@@H](C(C)C)CC3)cc2)s1. The Hall–Kier alpha value is -2.98. The molecule has 2 aromatic carbocycles. The van der Waals surface area contributed by atoms with Crippen LogP contribution in [0.5, 0.6) is 5.75 Å². The van der Waals surface area contributed by atoms with E-state index >= 15 is 0 Å². The van der Waals surface area contributed by atoms with Crippen molar-refractivity contribution in [1.29, 1.82) is 0 Å². The molecule has 0 spiro atoms. The van der Waals surface area contributed by atoms with E-state index < -0.39 is 27.4 Å². The molecule has 0 aliphatic heterocycles. The number of methoxy groups -OCH3 is 1. The van der Waals surface area contributed by atoms with Crippen LogP contribution < -0.4 is 9.46 Å². The topological polar surface area (TPSA) is 106 Å². The van der Waals surface area contributed by atoms with E-state index in [1.807, 2.05) is 12.1 Å². The number of carboxylic acids is 1. The lowest BCUT2D eigenvalue weighted by atomic mass is 9.75. The van der Waals surface area contributed by atoms with Crippen molar-refractivity contribution in [3.05, 3.63) is 59.5 Å². The molecule has 0 atom stereocenters. The molecule has 0 bridgehead atoms. The second-order valence-electron chi connectivity index (χ2n) is 9.41. The van der Waals surface area contributed by atoms with Gasteiger partial charge < -0.3 is 9.84 Å². The molecule has 1 aliphatic rings. The van der Waals surface area contributed by atoms with Crippen LogP contribution >= 0.6 is 11.3 Å². The molecule has 10 heteroatoms. The summed E-state index contributed by atoms with van der Waals surface area (Å²) in [4.78, 5) is 15.4. The lowest BCUT2D eigenvalue weighted by Gasteiger charge is -2.31. The largest absolute Gasteiger partial charge is 0.495 e. The van der Waals surface area contributed by atoms with Crippen molar-refractivity contribution >= 4 is 33.0 Å². The fourth-order valence-corrected chi connectivity index (χ4v) is 6.89. The maximum Gasteiger partial charge on any atom is 0.338 e. The van der Waals surface area contributed by atoms with Crippen molar-refractivity contribution in [2.75, 3.05) is 11.8 Å². The summed E-state index contributed by atoms with van der Waals surface area (Å²) in [6.07, 6.45) is 6.12. The first-order valence-electron chi connectivity index (χ1n) is 11.8. The number of thiazole rings is 1. The monoisotopic (exact) mass is 532 g/mol. The molecule has 0 saturated heterocycles. The maximum atomic E-state index is 14.2. The molecule has 3 aromatic rings. The Bertz CT molecular complexity index is 1350. The summed E-state index contributed by atoms with van der Waals surface area (Å²) in [7, 11) is -2.87. The highest BCUT2D eigenvalue weighted by Crippen LogP contribution is 2.39. The molecule has 1 aliphatic carbocycles. The van der Waals surface area contributed by atoms with Crippen LogP contribution in [0.4, 0.5) is 10.1 Å². The normalized spacial score (nSPS) is 18.2. The van der Waals surface area contributed by atoms with Gasteiger partial charge in [0.15, 0.2) is 4.21 Å². The van der Waals surface area contributed by atoms with Gasteiger partial charge in [-0.2, -0.15) is 0 Å². The summed E-state index contributed by atoms with van der Waals surface area (Å²) in [5, 5.41) is 9.62. The molecular weight excluding hydrogens is 503 g/mol. The Labute approximate surface area is 214 Å². The third kappa shape index (κ3) is 5.54. The quantitative estimate of drug-likeness (QED) is 0.348. The number of carboxylic acid groups (broad SMARTS) is 1. The van der Waals surface area contributed by atoms with Crippen LogP contribution in [0.3, 0.4) is 0 Å². The summed E-state index contributed by atoms with van der Waals surface area (Å²) in [5.41, 5.74) is 1.29. The Morgan fingerprint density at radius 2 is 1.83 bits per heavy atom. The van der Waals surface area contributed by atoms with E-state index in [2.05, 4.69) is 35.7 Å². The molecule has 0 radical (unpaired) electrons. The van der Waals surface area contributed by atoms with E-state index in [-0.39, 0.29) is 15.6 Å². The second-order valence-corrected chi connectivity index (χ2v) is 12.3. The number of carbonyl (C=O) groups is 1. The van der Waals surface area contributed by atoms with Gasteiger partial charge in [-0.3, -0.25) is 4.72 Å². The van der Waals surface area contributed by atoms with Crippen molar-refractivity contribution in [3.63, 3.8) is 0 Å².